The van der Waals surface area contributed by atoms with Gasteiger partial charge in [-0.25, -0.2) is 8.42 Å². The number of alkyl halides is 5. The first-order valence-electron chi connectivity index (χ1n) is 17.4. The average Bonchev–Trinajstić information content (AvgIpc) is 3.39. The topological polar surface area (TPSA) is 83.8 Å². The number of unbranched alkanes of at least 4 members (excludes halogenated alkanes) is 3. The molecule has 2 aromatic rings. The molecule has 4 atom stereocenters. The van der Waals surface area contributed by atoms with Gasteiger partial charge in [0.1, 0.15) is 21.3 Å². The smallest absolute Gasteiger partial charge is 0.453 e. The van der Waals surface area contributed by atoms with Crippen molar-refractivity contribution in [3.05, 3.63) is 59.2 Å². The van der Waals surface area contributed by atoms with Crippen LogP contribution in [0.15, 0.2) is 42.5 Å². The van der Waals surface area contributed by atoms with Crippen molar-refractivity contribution in [3.63, 3.8) is 0 Å². The second-order valence-electron chi connectivity index (χ2n) is 15.2. The van der Waals surface area contributed by atoms with E-state index >= 15 is 0 Å². The maximum absolute atomic E-state index is 13.0. The van der Waals surface area contributed by atoms with Crippen LogP contribution in [-0.2, 0) is 16.3 Å². The van der Waals surface area contributed by atoms with Crippen LogP contribution in [0.5, 0.6) is 11.5 Å². The number of sulfone groups is 1. The Hall–Kier alpha value is -2.40. The van der Waals surface area contributed by atoms with E-state index in [4.69, 9.17) is 4.74 Å². The van der Waals surface area contributed by atoms with Crippen LogP contribution in [-0.4, -0.2) is 54.4 Å². The molecule has 11 heteroatoms. The summed E-state index contributed by atoms with van der Waals surface area (Å²) in [6.07, 6.45) is 1.18. The molecule has 0 spiro atoms. The van der Waals surface area contributed by atoms with Crippen LogP contribution in [0, 0.1) is 16.7 Å². The van der Waals surface area contributed by atoms with Crippen LogP contribution >= 0.6 is 0 Å². The summed E-state index contributed by atoms with van der Waals surface area (Å²) >= 11 is 0. The molecule has 266 valence electrons. The molecule has 0 heterocycles. The Morgan fingerprint density at radius 1 is 0.896 bits per heavy atom. The predicted molar refractivity (Wildman–Crippen MR) is 173 cm³/mol. The van der Waals surface area contributed by atoms with Gasteiger partial charge in [0.2, 0.25) is 0 Å². The summed E-state index contributed by atoms with van der Waals surface area (Å²) in [5.74, 6) is -3.74. The van der Waals surface area contributed by atoms with Crippen LogP contribution in [0.2, 0.25) is 0 Å². The molecule has 2 aromatic carbocycles. The Morgan fingerprint density at radius 2 is 1.56 bits per heavy atom. The summed E-state index contributed by atoms with van der Waals surface area (Å²) in [6.45, 7) is 2.78. The molecule has 0 saturated heterocycles. The molecule has 0 aliphatic heterocycles. The van der Waals surface area contributed by atoms with Gasteiger partial charge in [-0.05, 0) is 128 Å². The first-order chi connectivity index (χ1) is 22.5. The summed E-state index contributed by atoms with van der Waals surface area (Å²) in [4.78, 5) is 0. The summed E-state index contributed by atoms with van der Waals surface area (Å²) in [5, 5.41) is 22.1. The van der Waals surface area contributed by atoms with E-state index in [2.05, 4.69) is 25.1 Å². The zero-order valence-corrected chi connectivity index (χ0v) is 28.3. The Morgan fingerprint density at radius 3 is 2.25 bits per heavy atom. The average molecular weight is 699 g/mol. The normalized spacial score (nSPS) is 31.3. The lowest BCUT2D eigenvalue weighted by molar-refractivity contribution is -0.284. The number of hydrogen-bond donors (Lipinski definition) is 2. The Labute approximate surface area is 280 Å². The fourth-order valence-corrected chi connectivity index (χ4v) is 11.7. The van der Waals surface area contributed by atoms with E-state index in [1.165, 1.54) is 16.7 Å². The van der Waals surface area contributed by atoms with Gasteiger partial charge in [0.05, 0.1) is 23.7 Å². The summed E-state index contributed by atoms with van der Waals surface area (Å²) in [6, 6.07) is 14.1. The lowest BCUT2D eigenvalue weighted by Crippen LogP contribution is -2.54. The zero-order valence-electron chi connectivity index (χ0n) is 27.5. The molecular weight excluding hydrogens is 651 g/mol. The fraction of sp³-hybridized carbons (Fsp3) is 0.676. The minimum atomic E-state index is -5.67. The number of halogens is 5. The number of aryl methyl sites for hydroxylation is 1. The van der Waals surface area contributed by atoms with E-state index in [-0.39, 0.29) is 22.5 Å². The Kier molecular flexibility index (Phi) is 9.40. The van der Waals surface area contributed by atoms with Crippen LogP contribution in [0.4, 0.5) is 22.0 Å². The number of benzene rings is 2. The lowest BCUT2D eigenvalue weighted by Gasteiger charge is -2.59. The highest BCUT2D eigenvalue weighted by atomic mass is 32.2. The van der Waals surface area contributed by atoms with Crippen molar-refractivity contribution < 1.29 is 45.3 Å². The third-order valence-electron chi connectivity index (χ3n) is 12.8. The number of hydrogen-bond acceptors (Lipinski definition) is 5. The van der Waals surface area contributed by atoms with Crippen molar-refractivity contribution in [2.45, 2.75) is 120 Å². The maximum Gasteiger partial charge on any atom is 0.453 e. The quantitative estimate of drug-likeness (QED) is 0.161. The van der Waals surface area contributed by atoms with E-state index in [1.807, 2.05) is 24.3 Å². The number of aromatic hydroxyl groups is 1. The van der Waals surface area contributed by atoms with Crippen molar-refractivity contribution in [3.8, 4) is 11.5 Å². The van der Waals surface area contributed by atoms with Crippen molar-refractivity contribution in [1.82, 2.24) is 0 Å². The molecule has 5 nitrogen and oxygen atoms in total. The van der Waals surface area contributed by atoms with Crippen LogP contribution in [0.3, 0.4) is 0 Å². The highest BCUT2D eigenvalue weighted by Crippen LogP contribution is 2.79. The van der Waals surface area contributed by atoms with Crippen LogP contribution < -0.4 is 4.74 Å². The van der Waals surface area contributed by atoms with E-state index < -0.39 is 46.1 Å². The molecule has 2 bridgehead atoms. The number of fused-ring (bicyclic) bond motifs is 3. The molecule has 0 aromatic heterocycles. The Balaban J connectivity index is 1.02. The van der Waals surface area contributed by atoms with Crippen LogP contribution in [0.25, 0.3) is 0 Å². The van der Waals surface area contributed by atoms with E-state index in [1.54, 1.807) is 0 Å². The van der Waals surface area contributed by atoms with Gasteiger partial charge in [-0.1, -0.05) is 38.0 Å². The standard InChI is InChI=1S/C37H47F5O5S/c1-33-24-30(32-29-13-10-27(43)23-26(29)9-14-31(32)34(33)16-18-35(33,44)19-17-34)25-7-11-28(12-8-25)47-20-4-2-3-5-21-48(45,46)22-6-15-36(38,39)37(40,41)42/h7-8,10-13,23,30-32,43-44H,2-6,9,14-22,24H2,1H3/t30-,31-,32+,33+,34?,35?/m1/s1. The molecule has 3 fully saturated rings. The fourth-order valence-electron chi connectivity index (χ4n) is 10.2. The molecule has 0 radical (unpaired) electrons. The molecule has 2 N–H and O–H groups in total. The highest BCUT2D eigenvalue weighted by molar-refractivity contribution is 7.91. The number of phenols is 1. The molecule has 0 unspecified atom stereocenters. The third-order valence-corrected chi connectivity index (χ3v) is 14.6. The van der Waals surface area contributed by atoms with Crippen molar-refractivity contribution in [2.24, 2.45) is 16.7 Å². The second-order valence-corrected chi connectivity index (χ2v) is 17.5. The molecular formula is C37H47F5O5S. The van der Waals surface area contributed by atoms with Gasteiger partial charge in [0.25, 0.3) is 0 Å². The maximum atomic E-state index is 13.0. The van der Waals surface area contributed by atoms with Crippen molar-refractivity contribution in [1.29, 1.82) is 0 Å². The van der Waals surface area contributed by atoms with Crippen LogP contribution in [0.1, 0.15) is 112 Å². The van der Waals surface area contributed by atoms with Gasteiger partial charge in [-0.15, -0.1) is 0 Å². The third kappa shape index (κ3) is 6.24. The SMILES string of the molecule is C[C@]12C[C@H](c3ccc(OCCCCCCS(=O)(=O)CCCC(F)(F)C(F)(F)F)cc3)[C@@H]3c4ccc(O)cc4CC[C@H]3C13CCC2(O)CC3. The Bertz CT molecular complexity index is 1570. The second kappa shape index (κ2) is 12.7. The number of ether oxygens (including phenoxy) is 1. The zero-order chi connectivity index (χ0) is 34.6. The molecule has 4 aliphatic rings. The monoisotopic (exact) mass is 698 g/mol. The molecule has 4 aliphatic carbocycles. The van der Waals surface area contributed by atoms with E-state index in [0.717, 1.165) is 50.7 Å². The first-order valence-corrected chi connectivity index (χ1v) is 19.3. The first kappa shape index (κ1) is 35.4. The number of rotatable bonds is 13. The van der Waals surface area contributed by atoms with E-state index in [9.17, 15) is 40.6 Å². The summed E-state index contributed by atoms with van der Waals surface area (Å²) in [7, 11) is -3.70. The molecule has 0 amide bonds. The minimum absolute atomic E-state index is 0.139. The van der Waals surface area contributed by atoms with Gasteiger partial charge < -0.3 is 14.9 Å². The largest absolute Gasteiger partial charge is 0.508 e. The predicted octanol–water partition coefficient (Wildman–Crippen LogP) is 8.87. The summed E-state index contributed by atoms with van der Waals surface area (Å²) < 4.78 is 93.0. The number of aliphatic hydroxyl groups is 1. The lowest BCUT2D eigenvalue weighted by atomic mass is 9.45. The number of phenolic OH excluding ortho intramolecular Hbond substituents is 1. The van der Waals surface area contributed by atoms with Crippen molar-refractivity contribution in [2.75, 3.05) is 18.1 Å². The molecule has 3 saturated carbocycles. The molecule has 48 heavy (non-hydrogen) atoms. The van der Waals surface area contributed by atoms with Crippen molar-refractivity contribution >= 4 is 9.84 Å². The van der Waals surface area contributed by atoms with Gasteiger partial charge in [0, 0.05) is 11.8 Å². The highest BCUT2D eigenvalue weighted by Gasteiger charge is 2.74. The molecule has 6 rings (SSSR count). The van der Waals surface area contributed by atoms with E-state index in [0.29, 0.717) is 49.9 Å². The van der Waals surface area contributed by atoms with Gasteiger partial charge in [0.15, 0.2) is 0 Å². The van der Waals surface area contributed by atoms with Gasteiger partial charge >= 0.3 is 12.1 Å². The van der Waals surface area contributed by atoms with Gasteiger partial charge in [-0.3, -0.25) is 0 Å². The van der Waals surface area contributed by atoms with Gasteiger partial charge in [-0.2, -0.15) is 22.0 Å². The summed E-state index contributed by atoms with van der Waals surface area (Å²) in [5.41, 5.74) is 3.18. The minimum Gasteiger partial charge on any atom is -0.508 e.